The van der Waals surface area contributed by atoms with Crippen molar-refractivity contribution in [1.82, 2.24) is 15.5 Å². The van der Waals surface area contributed by atoms with Crippen molar-refractivity contribution in [2.24, 2.45) is 11.8 Å². The van der Waals surface area contributed by atoms with Gasteiger partial charge in [0.2, 0.25) is 11.8 Å². The molecule has 0 radical (unpaired) electrons. The molecule has 4 rings (SSSR count). The number of nitrogens with zero attached hydrogens (tertiary/aromatic N) is 1. The van der Waals surface area contributed by atoms with Crippen LogP contribution >= 0.6 is 11.6 Å². The molecule has 1 aliphatic heterocycles. The molecule has 0 spiro atoms. The van der Waals surface area contributed by atoms with Crippen molar-refractivity contribution in [3.63, 3.8) is 0 Å². The minimum absolute atomic E-state index is 0.0942. The molecule has 4 N–H and O–H groups in total. The van der Waals surface area contributed by atoms with Crippen LogP contribution in [0.15, 0.2) is 54.6 Å². The molecule has 1 saturated heterocycles. The molecule has 228 valence electrons. The van der Waals surface area contributed by atoms with Crippen molar-refractivity contribution in [2.45, 2.75) is 75.4 Å². The zero-order valence-corrected chi connectivity index (χ0v) is 24.1. The Morgan fingerprint density at radius 2 is 1.79 bits per heavy atom. The lowest BCUT2D eigenvalue weighted by Crippen LogP contribution is -2.62. The minimum atomic E-state index is -3.67. The number of hydrogen-bond acceptors (Lipinski definition) is 4. The van der Waals surface area contributed by atoms with Gasteiger partial charge in [-0.25, -0.2) is 4.79 Å². The van der Waals surface area contributed by atoms with E-state index in [1.165, 1.54) is 18.2 Å². The van der Waals surface area contributed by atoms with E-state index >= 15 is 8.78 Å². The number of aliphatic hydroxyl groups excluding tert-OH is 1. The van der Waals surface area contributed by atoms with E-state index in [1.54, 1.807) is 30.3 Å². The lowest BCUT2D eigenvalue weighted by atomic mass is 9.78. The highest BCUT2D eigenvalue weighted by Gasteiger charge is 2.53. The van der Waals surface area contributed by atoms with Gasteiger partial charge in [-0.15, -0.1) is 0 Å². The van der Waals surface area contributed by atoms with E-state index in [4.69, 9.17) is 11.6 Å². The second-order valence-electron chi connectivity index (χ2n) is 11.3. The number of aliphatic hydroxyl groups is 1. The number of amides is 3. The summed E-state index contributed by atoms with van der Waals surface area (Å²) in [5.41, 5.74) is 0.171. The number of carbonyl (C=O) groups is 3. The average Bonchev–Trinajstić information content (AvgIpc) is 3.38. The van der Waals surface area contributed by atoms with Crippen LogP contribution in [0.25, 0.3) is 0 Å². The van der Waals surface area contributed by atoms with E-state index in [0.29, 0.717) is 49.1 Å². The average molecular weight is 606 g/mol. The number of rotatable bonds is 12. The third kappa shape index (κ3) is 7.58. The van der Waals surface area contributed by atoms with E-state index in [-0.39, 0.29) is 23.8 Å². The molecular formula is C31H38ClF2N3O5. The molecule has 2 aromatic carbocycles. The summed E-state index contributed by atoms with van der Waals surface area (Å²) in [6, 6.07) is 9.62. The molecule has 1 heterocycles. The molecule has 42 heavy (non-hydrogen) atoms. The molecule has 1 aliphatic carbocycles. The summed E-state index contributed by atoms with van der Waals surface area (Å²) < 4.78 is 33.2. The highest BCUT2D eigenvalue weighted by Crippen LogP contribution is 2.44. The predicted octanol–water partition coefficient (Wildman–Crippen LogP) is 4.98. The highest BCUT2D eigenvalue weighted by molar-refractivity contribution is 6.30. The normalized spacial score (nSPS) is 19.9. The van der Waals surface area contributed by atoms with Gasteiger partial charge in [0, 0.05) is 29.5 Å². The van der Waals surface area contributed by atoms with Crippen LogP contribution in [-0.2, 0) is 21.9 Å². The molecule has 4 atom stereocenters. The maximum absolute atomic E-state index is 16.6. The number of nitrogens with one attached hydrogen (secondary N) is 2. The number of alkyl halides is 2. The standard InChI is InChI=1S/C31H38ClF2N3O5/c32-24-13-7-12-23(18-24)31(33,34)27(21-10-5-2-6-11-21)37(30(41)42)26(16-20-8-3-1-4-9-20)29(40)36-25(19-38)17-22-14-15-35-28(22)39/h1,3-4,7-9,12-13,18,21-22,25-27,38H,2,5-6,10-11,14-17,19H2,(H,35,39)(H,36,40)(H,41,42)/t22-,25-,26-,27?/m0/s1. The van der Waals surface area contributed by atoms with Crippen LogP contribution in [0.2, 0.25) is 5.02 Å². The topological polar surface area (TPSA) is 119 Å². The summed E-state index contributed by atoms with van der Waals surface area (Å²) in [4.78, 5) is 39.7. The first kappa shape index (κ1) is 31.7. The zero-order valence-electron chi connectivity index (χ0n) is 23.4. The van der Waals surface area contributed by atoms with Crippen molar-refractivity contribution < 1.29 is 33.4 Å². The van der Waals surface area contributed by atoms with Crippen LogP contribution in [0.1, 0.15) is 56.1 Å². The quantitative estimate of drug-likeness (QED) is 0.272. The first-order chi connectivity index (χ1) is 20.1. The summed E-state index contributed by atoms with van der Waals surface area (Å²) in [7, 11) is 0. The summed E-state index contributed by atoms with van der Waals surface area (Å²) in [5.74, 6) is -5.78. The SMILES string of the molecule is O=C1NCC[C@H]1C[C@@H](CO)NC(=O)[C@H](Cc1ccccc1)N(C(=O)O)C(C1CCCCC1)C(F)(F)c1cccc(Cl)c1. The van der Waals surface area contributed by atoms with Gasteiger partial charge in [-0.2, -0.15) is 8.78 Å². The Labute approximate surface area is 249 Å². The van der Waals surface area contributed by atoms with Crippen LogP contribution in [-0.4, -0.2) is 64.3 Å². The Hall–Kier alpha value is -3.24. The number of hydrogen-bond donors (Lipinski definition) is 4. The third-order valence-corrected chi connectivity index (χ3v) is 8.64. The van der Waals surface area contributed by atoms with Crippen molar-refractivity contribution in [3.05, 3.63) is 70.7 Å². The Balaban J connectivity index is 1.75. The van der Waals surface area contributed by atoms with Gasteiger partial charge in [-0.3, -0.25) is 14.5 Å². The van der Waals surface area contributed by atoms with Crippen LogP contribution < -0.4 is 10.6 Å². The molecule has 2 aromatic rings. The predicted molar refractivity (Wildman–Crippen MR) is 154 cm³/mol. The van der Waals surface area contributed by atoms with Crippen LogP contribution in [0.5, 0.6) is 0 Å². The Bertz CT molecular complexity index is 1230. The van der Waals surface area contributed by atoms with Crippen LogP contribution in [0.4, 0.5) is 13.6 Å². The fraction of sp³-hybridized carbons (Fsp3) is 0.516. The van der Waals surface area contributed by atoms with E-state index in [9.17, 15) is 24.6 Å². The first-order valence-corrected chi connectivity index (χ1v) is 14.9. The Morgan fingerprint density at radius 3 is 2.38 bits per heavy atom. The largest absolute Gasteiger partial charge is 0.465 e. The van der Waals surface area contributed by atoms with Crippen LogP contribution in [0.3, 0.4) is 0 Å². The molecule has 0 aromatic heterocycles. The molecule has 2 aliphatic rings. The van der Waals surface area contributed by atoms with Gasteiger partial charge in [0.25, 0.3) is 5.92 Å². The number of carbonyl (C=O) groups excluding carboxylic acids is 2. The molecule has 0 bridgehead atoms. The molecular weight excluding hydrogens is 568 g/mol. The zero-order chi connectivity index (χ0) is 30.3. The number of halogens is 3. The molecule has 1 saturated carbocycles. The fourth-order valence-electron chi connectivity index (χ4n) is 6.31. The van der Waals surface area contributed by atoms with Crippen LogP contribution in [0, 0.1) is 11.8 Å². The number of benzene rings is 2. The third-order valence-electron chi connectivity index (χ3n) is 8.41. The van der Waals surface area contributed by atoms with E-state index in [0.717, 1.165) is 12.5 Å². The van der Waals surface area contributed by atoms with Gasteiger partial charge in [0.05, 0.1) is 12.6 Å². The molecule has 3 amide bonds. The maximum Gasteiger partial charge on any atom is 0.408 e. The van der Waals surface area contributed by atoms with Gasteiger partial charge >= 0.3 is 6.09 Å². The lowest BCUT2D eigenvalue weighted by Gasteiger charge is -2.44. The molecule has 11 heteroatoms. The number of carboxylic acid groups (broad SMARTS) is 1. The summed E-state index contributed by atoms with van der Waals surface area (Å²) in [6.07, 6.45) is 1.87. The van der Waals surface area contributed by atoms with E-state index < -0.39 is 60.1 Å². The van der Waals surface area contributed by atoms with Crippen molar-refractivity contribution in [3.8, 4) is 0 Å². The first-order valence-electron chi connectivity index (χ1n) is 14.5. The maximum atomic E-state index is 16.6. The molecule has 2 fully saturated rings. The second-order valence-corrected chi connectivity index (χ2v) is 11.7. The van der Waals surface area contributed by atoms with Crippen molar-refractivity contribution in [1.29, 1.82) is 0 Å². The summed E-state index contributed by atoms with van der Waals surface area (Å²) >= 11 is 6.08. The van der Waals surface area contributed by atoms with Gasteiger partial charge in [-0.05, 0) is 49.3 Å². The van der Waals surface area contributed by atoms with Crippen molar-refractivity contribution >= 4 is 29.5 Å². The Kier molecular flexibility index (Phi) is 10.8. The highest BCUT2D eigenvalue weighted by atomic mass is 35.5. The monoisotopic (exact) mass is 605 g/mol. The molecule has 8 nitrogen and oxygen atoms in total. The summed E-state index contributed by atoms with van der Waals surface area (Å²) in [6.45, 7) is -0.00789. The summed E-state index contributed by atoms with van der Waals surface area (Å²) in [5, 5.41) is 26.1. The fourth-order valence-corrected chi connectivity index (χ4v) is 6.50. The Morgan fingerprint density at radius 1 is 1.07 bits per heavy atom. The van der Waals surface area contributed by atoms with Gasteiger partial charge < -0.3 is 20.8 Å². The van der Waals surface area contributed by atoms with Gasteiger partial charge in [0.15, 0.2) is 0 Å². The lowest BCUT2D eigenvalue weighted by molar-refractivity contribution is -0.140. The minimum Gasteiger partial charge on any atom is -0.465 e. The molecule has 1 unspecified atom stereocenters. The smallest absolute Gasteiger partial charge is 0.408 e. The van der Waals surface area contributed by atoms with Gasteiger partial charge in [-0.1, -0.05) is 73.3 Å². The van der Waals surface area contributed by atoms with E-state index in [1.807, 2.05) is 0 Å². The van der Waals surface area contributed by atoms with E-state index in [2.05, 4.69) is 10.6 Å². The second kappa shape index (κ2) is 14.3. The van der Waals surface area contributed by atoms with Gasteiger partial charge in [0.1, 0.15) is 12.1 Å². The van der Waals surface area contributed by atoms with Crippen molar-refractivity contribution in [2.75, 3.05) is 13.2 Å².